The second kappa shape index (κ2) is 3.21. The van der Waals surface area contributed by atoms with Crippen molar-refractivity contribution >= 4 is 24.1 Å². The Morgan fingerprint density at radius 1 is 1.75 bits per heavy atom. The summed E-state index contributed by atoms with van der Waals surface area (Å²) >= 11 is 5.15. The third-order valence-electron chi connectivity index (χ3n) is 0.535. The van der Waals surface area contributed by atoms with Gasteiger partial charge in [-0.05, 0) is 0 Å². The van der Waals surface area contributed by atoms with E-state index in [4.69, 9.17) is 22.7 Å². The maximum absolute atomic E-state index is 9.73. The van der Waals surface area contributed by atoms with Gasteiger partial charge in [0.05, 0.1) is 5.70 Å². The summed E-state index contributed by atoms with van der Waals surface area (Å²) < 4.78 is 0. The number of hydrogen-bond acceptors (Lipinski definition) is 3. The third-order valence-corrected chi connectivity index (χ3v) is 0.842. The minimum Gasteiger partial charge on any atom is -0.396 e. The Morgan fingerprint density at radius 2 is 2.25 bits per heavy atom. The highest BCUT2D eigenvalue weighted by atomic mass is 35.5. The first kappa shape index (κ1) is 7.17. The predicted molar refractivity (Wildman–Crippen MR) is 31.9 cm³/mol. The summed E-state index contributed by atoms with van der Waals surface area (Å²) in [6.45, 7) is 0. The molecular weight excluding hydrogens is 128 g/mol. The van der Waals surface area contributed by atoms with Crippen LogP contribution >= 0.6 is 11.6 Å². The molecule has 44 valence electrons. The largest absolute Gasteiger partial charge is 0.396 e. The zero-order valence-corrected chi connectivity index (χ0v) is 4.77. The molecule has 8 heavy (non-hydrogen) atoms. The Morgan fingerprint density at radius 3 is 2.38 bits per heavy atom. The van der Waals surface area contributed by atoms with Crippen LogP contribution in [0.2, 0.25) is 0 Å². The first-order valence-electron chi connectivity index (χ1n) is 1.83. The van der Waals surface area contributed by atoms with Crippen molar-refractivity contribution in [2.45, 2.75) is 0 Å². The number of hydrogen-bond donors (Lipinski definition) is 2. The molecule has 0 atom stereocenters. The summed E-state index contributed by atoms with van der Waals surface area (Å²) in [5, 5.41) is 6.37. The molecule has 0 aromatic rings. The second-order valence-corrected chi connectivity index (χ2v) is 1.47. The van der Waals surface area contributed by atoms with Gasteiger partial charge in [0.1, 0.15) is 5.03 Å². The van der Waals surface area contributed by atoms with Crippen LogP contribution in [0.1, 0.15) is 0 Å². The number of carbonyl (C=O) groups is 1. The summed E-state index contributed by atoms with van der Waals surface area (Å²) in [6, 6.07) is 0. The van der Waals surface area contributed by atoms with E-state index >= 15 is 0 Å². The first-order chi connectivity index (χ1) is 3.72. The number of aldehydes is 1. The molecule has 0 aliphatic carbocycles. The average molecular weight is 133 g/mol. The molecule has 0 aliphatic heterocycles. The highest BCUT2D eigenvalue weighted by Gasteiger charge is 1.91. The van der Waals surface area contributed by atoms with Crippen molar-refractivity contribution in [1.29, 1.82) is 5.41 Å². The zero-order chi connectivity index (χ0) is 6.57. The van der Waals surface area contributed by atoms with E-state index in [1.54, 1.807) is 0 Å². The topological polar surface area (TPSA) is 66.9 Å². The Hall–Kier alpha value is -0.830. The van der Waals surface area contributed by atoms with Gasteiger partial charge in [-0.15, -0.1) is 0 Å². The molecule has 0 heterocycles. The summed E-state index contributed by atoms with van der Waals surface area (Å²) in [6.07, 6.45) is 1.21. The van der Waals surface area contributed by atoms with Crippen molar-refractivity contribution in [3.63, 3.8) is 0 Å². The fourth-order valence-electron chi connectivity index (χ4n) is 0.137. The number of carbonyl (C=O) groups excluding carboxylic acids is 1. The Kier molecular flexibility index (Phi) is 2.88. The van der Waals surface area contributed by atoms with Crippen LogP contribution in [-0.4, -0.2) is 12.5 Å². The van der Waals surface area contributed by atoms with Gasteiger partial charge in [0.25, 0.3) is 0 Å². The van der Waals surface area contributed by atoms with Crippen LogP contribution in [-0.2, 0) is 4.79 Å². The highest BCUT2D eigenvalue weighted by molar-refractivity contribution is 6.40. The maximum atomic E-state index is 9.73. The van der Waals surface area contributed by atoms with Gasteiger partial charge in [-0.1, -0.05) is 11.6 Å². The fourth-order valence-corrected chi connectivity index (χ4v) is 0.192. The minimum atomic E-state index is -0.125. The summed E-state index contributed by atoms with van der Waals surface area (Å²) in [4.78, 5) is 9.73. The lowest BCUT2D eigenvalue weighted by Crippen LogP contribution is -2.00. The molecule has 0 amide bonds. The normalized spacial score (nSPS) is 12.1. The van der Waals surface area contributed by atoms with Crippen molar-refractivity contribution in [3.05, 3.63) is 10.7 Å². The van der Waals surface area contributed by atoms with Gasteiger partial charge in [-0.2, -0.15) is 0 Å². The summed E-state index contributed by atoms with van der Waals surface area (Å²) in [7, 11) is 0. The van der Waals surface area contributed by atoms with Crippen molar-refractivity contribution < 1.29 is 4.79 Å². The predicted octanol–water partition coefficient (Wildman–Crippen LogP) is 0.244. The van der Waals surface area contributed by atoms with Gasteiger partial charge in [0.2, 0.25) is 0 Å². The number of nitrogens with two attached hydrogens (primary N) is 1. The minimum absolute atomic E-state index is 0.0123. The van der Waals surface area contributed by atoms with E-state index in [9.17, 15) is 4.79 Å². The molecule has 0 rings (SSSR count). The van der Waals surface area contributed by atoms with Gasteiger partial charge < -0.3 is 11.1 Å². The van der Waals surface area contributed by atoms with Gasteiger partial charge in [-0.3, -0.25) is 4.79 Å². The van der Waals surface area contributed by atoms with Crippen molar-refractivity contribution in [2.24, 2.45) is 5.73 Å². The van der Waals surface area contributed by atoms with Gasteiger partial charge in [-0.25, -0.2) is 0 Å². The Labute approximate surface area is 51.6 Å². The van der Waals surface area contributed by atoms with Crippen molar-refractivity contribution in [3.8, 4) is 0 Å². The Bertz CT molecular complexity index is 125. The van der Waals surface area contributed by atoms with Crippen LogP contribution < -0.4 is 5.73 Å². The molecular formula is C4H5ClN2O. The lowest BCUT2D eigenvalue weighted by atomic mass is 10.4. The van der Waals surface area contributed by atoms with Crippen LogP contribution in [0.5, 0.6) is 0 Å². The van der Waals surface area contributed by atoms with E-state index in [0.717, 1.165) is 6.21 Å². The lowest BCUT2D eigenvalue weighted by Gasteiger charge is -1.86. The van der Waals surface area contributed by atoms with Crippen molar-refractivity contribution in [1.82, 2.24) is 0 Å². The molecule has 4 heteroatoms. The maximum Gasteiger partial charge on any atom is 0.163 e. The molecule has 0 saturated carbocycles. The van der Waals surface area contributed by atoms with Crippen LogP contribution in [0.15, 0.2) is 10.7 Å². The van der Waals surface area contributed by atoms with E-state index in [1.807, 2.05) is 0 Å². The molecule has 0 unspecified atom stereocenters. The first-order valence-corrected chi connectivity index (χ1v) is 2.21. The van der Waals surface area contributed by atoms with E-state index in [1.165, 1.54) is 0 Å². The second-order valence-electron chi connectivity index (χ2n) is 1.07. The number of nitrogens with one attached hydrogen (secondary N) is 1. The number of rotatable bonds is 2. The molecule has 0 aliphatic rings. The van der Waals surface area contributed by atoms with Crippen molar-refractivity contribution in [2.75, 3.05) is 0 Å². The molecule has 0 fully saturated rings. The van der Waals surface area contributed by atoms with E-state index < -0.39 is 0 Å². The lowest BCUT2D eigenvalue weighted by molar-refractivity contribution is -0.104. The molecule has 0 radical (unpaired) electrons. The van der Waals surface area contributed by atoms with Gasteiger partial charge >= 0.3 is 0 Å². The fraction of sp³-hybridized carbons (Fsp3) is 0. The van der Waals surface area contributed by atoms with E-state index in [0.29, 0.717) is 6.29 Å². The summed E-state index contributed by atoms with van der Waals surface area (Å²) in [5.41, 5.74) is 4.99. The standard InChI is InChI=1S/C4H5ClN2O/c5-3(2-8)4(7)1-6/h1-2,6H,7H2/b4-3-,6-1?. The van der Waals surface area contributed by atoms with Gasteiger partial charge in [0, 0.05) is 6.21 Å². The smallest absolute Gasteiger partial charge is 0.163 e. The molecule has 0 spiro atoms. The highest BCUT2D eigenvalue weighted by Crippen LogP contribution is 1.96. The van der Waals surface area contributed by atoms with E-state index in [2.05, 4.69) is 0 Å². The van der Waals surface area contributed by atoms with Crippen LogP contribution in [0.3, 0.4) is 0 Å². The molecule has 0 saturated heterocycles. The number of halogens is 1. The number of allylic oxidation sites excluding steroid dienone is 2. The molecule has 3 N–H and O–H groups in total. The Balaban J connectivity index is 4.25. The zero-order valence-electron chi connectivity index (χ0n) is 4.02. The molecule has 0 aromatic heterocycles. The SMILES string of the molecule is N=C/C(N)=C(/Cl)C=O. The van der Waals surface area contributed by atoms with E-state index in [-0.39, 0.29) is 10.7 Å². The van der Waals surface area contributed by atoms with Gasteiger partial charge in [0.15, 0.2) is 6.29 Å². The van der Waals surface area contributed by atoms with Crippen LogP contribution in [0.4, 0.5) is 0 Å². The van der Waals surface area contributed by atoms with Crippen LogP contribution in [0, 0.1) is 5.41 Å². The van der Waals surface area contributed by atoms with Crippen LogP contribution in [0.25, 0.3) is 0 Å². The monoisotopic (exact) mass is 132 g/mol. The molecule has 0 aromatic carbocycles. The quantitative estimate of drug-likeness (QED) is 0.321. The third kappa shape index (κ3) is 1.75. The molecule has 0 bridgehead atoms. The summed E-state index contributed by atoms with van der Waals surface area (Å²) in [5.74, 6) is 0. The average Bonchev–Trinajstić information content (AvgIpc) is 1.84. The molecule has 3 nitrogen and oxygen atoms in total.